The van der Waals surface area contributed by atoms with Crippen molar-refractivity contribution in [1.29, 1.82) is 5.26 Å². The molecule has 20 heavy (non-hydrogen) atoms. The topological polar surface area (TPSA) is 126 Å². The molecule has 1 aliphatic rings. The molecule has 0 spiro atoms. The second-order valence-corrected chi connectivity index (χ2v) is 4.26. The molecule has 1 saturated heterocycles. The Morgan fingerprint density at radius 1 is 1.50 bits per heavy atom. The van der Waals surface area contributed by atoms with Gasteiger partial charge in [-0.1, -0.05) is 0 Å². The van der Waals surface area contributed by atoms with Crippen LogP contribution in [0.2, 0.25) is 0 Å². The fourth-order valence-electron chi connectivity index (χ4n) is 2.00. The van der Waals surface area contributed by atoms with Gasteiger partial charge in [-0.05, 0) is 12.8 Å². The van der Waals surface area contributed by atoms with Gasteiger partial charge in [0.2, 0.25) is 5.82 Å². The average Bonchev–Trinajstić information content (AvgIpc) is 2.49. The molecule has 2 heterocycles. The summed E-state index contributed by atoms with van der Waals surface area (Å²) in [6, 6.07) is 3.27. The molecule has 1 aromatic heterocycles. The number of carbonyl (C=O) groups is 1. The van der Waals surface area contributed by atoms with Crippen molar-refractivity contribution in [2.45, 2.75) is 18.9 Å². The molecule has 0 unspecified atom stereocenters. The van der Waals surface area contributed by atoms with Gasteiger partial charge in [-0.25, -0.2) is 4.98 Å². The van der Waals surface area contributed by atoms with E-state index in [0.717, 1.165) is 12.8 Å². The molecule has 0 amide bonds. The first-order chi connectivity index (χ1) is 9.61. The Hall–Kier alpha value is -2.53. The van der Waals surface area contributed by atoms with Gasteiger partial charge < -0.3 is 15.4 Å². The highest BCUT2D eigenvalue weighted by Crippen LogP contribution is 2.28. The van der Waals surface area contributed by atoms with Crippen molar-refractivity contribution in [3.05, 3.63) is 27.9 Å². The predicted molar refractivity (Wildman–Crippen MR) is 72.1 cm³/mol. The number of nitriles is 1. The van der Waals surface area contributed by atoms with E-state index in [1.807, 2.05) is 17.8 Å². The van der Waals surface area contributed by atoms with E-state index in [2.05, 4.69) is 4.98 Å². The number of hydrogen-bond donors (Lipinski definition) is 1. The summed E-state index contributed by atoms with van der Waals surface area (Å²) in [5.74, 6) is 0.325. The van der Waals surface area contributed by atoms with Crippen LogP contribution in [0.1, 0.15) is 18.4 Å². The van der Waals surface area contributed by atoms with Crippen molar-refractivity contribution in [3.63, 3.8) is 0 Å². The van der Waals surface area contributed by atoms with Crippen LogP contribution in [-0.4, -0.2) is 35.8 Å². The number of anilines is 1. The van der Waals surface area contributed by atoms with Crippen LogP contribution < -0.4 is 10.6 Å². The molecule has 0 radical (unpaired) electrons. The van der Waals surface area contributed by atoms with E-state index in [4.69, 9.17) is 15.8 Å². The Balaban J connectivity index is 0.000000956. The first-order valence-corrected chi connectivity index (χ1v) is 5.95. The van der Waals surface area contributed by atoms with Gasteiger partial charge in [-0.2, -0.15) is 5.26 Å². The zero-order valence-electron chi connectivity index (χ0n) is 10.9. The molecular weight excluding hydrogens is 262 g/mol. The summed E-state index contributed by atoms with van der Waals surface area (Å²) >= 11 is 0. The highest BCUT2D eigenvalue weighted by Gasteiger charge is 2.25. The van der Waals surface area contributed by atoms with Gasteiger partial charge in [0, 0.05) is 31.4 Å². The van der Waals surface area contributed by atoms with Gasteiger partial charge in [0.1, 0.15) is 12.9 Å². The minimum atomic E-state index is -0.502. The maximum atomic E-state index is 11.0. The Morgan fingerprint density at radius 2 is 2.10 bits per heavy atom. The first-order valence-electron chi connectivity index (χ1n) is 5.95. The number of nitrogens with two attached hydrogens (primary N) is 1. The maximum absolute atomic E-state index is 11.0. The third-order valence-corrected chi connectivity index (χ3v) is 3.01. The van der Waals surface area contributed by atoms with Crippen LogP contribution in [0.3, 0.4) is 0 Å². The minimum absolute atomic E-state index is 0.121. The average molecular weight is 277 g/mol. The molecular formula is C12H15N5O3. The lowest BCUT2D eigenvalue weighted by Crippen LogP contribution is -2.40. The molecule has 1 aliphatic heterocycles. The van der Waals surface area contributed by atoms with E-state index >= 15 is 0 Å². The molecule has 106 valence electrons. The number of hydrogen-bond acceptors (Lipinski definition) is 7. The molecule has 2 N–H and O–H groups in total. The normalized spacial score (nSPS) is 14.9. The van der Waals surface area contributed by atoms with Crippen molar-refractivity contribution in [1.82, 2.24) is 4.98 Å². The predicted octanol–water partition coefficient (Wildman–Crippen LogP) is 0.604. The van der Waals surface area contributed by atoms with Crippen molar-refractivity contribution in [2.24, 2.45) is 5.73 Å². The van der Waals surface area contributed by atoms with Crippen LogP contribution in [-0.2, 0) is 4.79 Å². The molecule has 0 aliphatic carbocycles. The number of nitro groups is 1. The number of carbonyl (C=O) groups excluding carboxylic acids is 1. The van der Waals surface area contributed by atoms with Crippen LogP contribution in [0.25, 0.3) is 0 Å². The monoisotopic (exact) mass is 277 g/mol. The molecule has 0 bridgehead atoms. The summed E-state index contributed by atoms with van der Waals surface area (Å²) in [5.41, 5.74) is 5.87. The van der Waals surface area contributed by atoms with E-state index < -0.39 is 4.92 Å². The second kappa shape index (κ2) is 7.16. The Kier molecular flexibility index (Phi) is 5.56. The molecule has 1 fully saturated rings. The van der Waals surface area contributed by atoms with Crippen LogP contribution >= 0.6 is 0 Å². The van der Waals surface area contributed by atoms with Gasteiger partial charge in [0.25, 0.3) is 0 Å². The van der Waals surface area contributed by atoms with Crippen LogP contribution in [0, 0.1) is 21.4 Å². The molecule has 1 aromatic rings. The van der Waals surface area contributed by atoms with Crippen molar-refractivity contribution in [2.75, 3.05) is 18.0 Å². The summed E-state index contributed by atoms with van der Waals surface area (Å²) in [6.45, 7) is 3.31. The lowest BCUT2D eigenvalue weighted by atomic mass is 10.1. The summed E-state index contributed by atoms with van der Waals surface area (Å²) in [5, 5.41) is 19.7. The van der Waals surface area contributed by atoms with Crippen LogP contribution in [0.15, 0.2) is 12.3 Å². The van der Waals surface area contributed by atoms with Crippen LogP contribution in [0.5, 0.6) is 0 Å². The zero-order chi connectivity index (χ0) is 15.1. The molecule has 0 atom stereocenters. The number of piperidine rings is 1. The van der Waals surface area contributed by atoms with Crippen molar-refractivity contribution < 1.29 is 9.72 Å². The lowest BCUT2D eigenvalue weighted by molar-refractivity contribution is -0.384. The fourth-order valence-corrected chi connectivity index (χ4v) is 2.00. The van der Waals surface area contributed by atoms with E-state index in [1.54, 1.807) is 0 Å². The molecule has 8 heteroatoms. The molecule has 0 aromatic carbocycles. The number of rotatable bonds is 2. The summed E-state index contributed by atoms with van der Waals surface area (Å²) in [4.78, 5) is 24.4. The van der Waals surface area contributed by atoms with E-state index in [9.17, 15) is 10.1 Å². The van der Waals surface area contributed by atoms with Gasteiger partial charge in [-0.15, -0.1) is 0 Å². The summed E-state index contributed by atoms with van der Waals surface area (Å²) in [7, 11) is 0. The Labute approximate surface area is 116 Å². The summed E-state index contributed by atoms with van der Waals surface area (Å²) in [6.07, 6.45) is 2.94. The van der Waals surface area contributed by atoms with Gasteiger partial charge in [0.05, 0.1) is 10.5 Å². The largest absolute Gasteiger partial charge is 0.351 e. The third-order valence-electron chi connectivity index (χ3n) is 3.01. The SMILES string of the molecule is C=O.N#Cc1cnc(N2CCC(N)CC2)c([N+](=O)[O-])c1. The molecule has 8 nitrogen and oxygen atoms in total. The maximum Gasteiger partial charge on any atom is 0.312 e. The number of aromatic nitrogens is 1. The van der Waals surface area contributed by atoms with Crippen LogP contribution in [0.4, 0.5) is 11.5 Å². The highest BCUT2D eigenvalue weighted by atomic mass is 16.6. The third kappa shape index (κ3) is 3.49. The van der Waals surface area contributed by atoms with Crippen molar-refractivity contribution in [3.8, 4) is 6.07 Å². The summed E-state index contributed by atoms with van der Waals surface area (Å²) < 4.78 is 0. The Morgan fingerprint density at radius 3 is 2.60 bits per heavy atom. The second-order valence-electron chi connectivity index (χ2n) is 4.26. The molecule has 2 rings (SSSR count). The Bertz CT molecular complexity index is 520. The number of pyridine rings is 1. The lowest BCUT2D eigenvalue weighted by Gasteiger charge is -2.30. The highest BCUT2D eigenvalue weighted by molar-refractivity contribution is 5.60. The zero-order valence-corrected chi connectivity index (χ0v) is 10.9. The molecule has 0 saturated carbocycles. The first kappa shape index (κ1) is 15.5. The van der Waals surface area contributed by atoms with Gasteiger partial charge in [0.15, 0.2) is 0 Å². The number of nitrogens with zero attached hydrogens (tertiary/aromatic N) is 4. The van der Waals surface area contributed by atoms with E-state index in [0.29, 0.717) is 18.9 Å². The van der Waals surface area contributed by atoms with Crippen molar-refractivity contribution >= 4 is 18.3 Å². The minimum Gasteiger partial charge on any atom is -0.351 e. The van der Waals surface area contributed by atoms with Gasteiger partial charge in [-0.3, -0.25) is 10.1 Å². The quantitative estimate of drug-likeness (QED) is 0.619. The standard InChI is InChI=1S/C11H13N5O2.CH2O/c12-6-8-5-10(16(17)18)11(14-7-8)15-3-1-9(13)2-4-15;1-2/h5,7,9H,1-4,13H2;1H2. The van der Waals surface area contributed by atoms with E-state index in [1.165, 1.54) is 12.3 Å². The fraction of sp³-hybridized carbons (Fsp3) is 0.417. The van der Waals surface area contributed by atoms with Gasteiger partial charge >= 0.3 is 5.69 Å². The van der Waals surface area contributed by atoms with E-state index in [-0.39, 0.29) is 17.3 Å². The smallest absolute Gasteiger partial charge is 0.312 e.